The summed E-state index contributed by atoms with van der Waals surface area (Å²) in [5.41, 5.74) is -0.589. The SMILES string of the molecule is CC(C)C[C@H](NCc1ccc([N+](=O)[O-])cc1[N+](=O)[O-])C(=O)O. The van der Waals surface area contributed by atoms with E-state index >= 15 is 0 Å². The van der Waals surface area contributed by atoms with Gasteiger partial charge in [-0.1, -0.05) is 13.8 Å². The first-order valence-corrected chi connectivity index (χ1v) is 6.60. The summed E-state index contributed by atoms with van der Waals surface area (Å²) in [6, 6.07) is 2.45. The Balaban J connectivity index is 2.94. The Morgan fingerprint density at radius 1 is 1.27 bits per heavy atom. The maximum Gasteiger partial charge on any atom is 0.320 e. The maximum atomic E-state index is 11.1. The number of hydrogen-bond acceptors (Lipinski definition) is 6. The van der Waals surface area contributed by atoms with Crippen LogP contribution in [0.3, 0.4) is 0 Å². The fourth-order valence-corrected chi connectivity index (χ4v) is 1.96. The largest absolute Gasteiger partial charge is 0.480 e. The van der Waals surface area contributed by atoms with Crippen LogP contribution in [0.15, 0.2) is 18.2 Å². The maximum absolute atomic E-state index is 11.1. The Morgan fingerprint density at radius 3 is 2.36 bits per heavy atom. The van der Waals surface area contributed by atoms with Gasteiger partial charge < -0.3 is 10.4 Å². The number of rotatable bonds is 8. The summed E-state index contributed by atoms with van der Waals surface area (Å²) in [6.07, 6.45) is 0.371. The molecule has 0 saturated heterocycles. The minimum Gasteiger partial charge on any atom is -0.480 e. The van der Waals surface area contributed by atoms with E-state index in [1.54, 1.807) is 0 Å². The molecular formula is C13H17N3O6. The van der Waals surface area contributed by atoms with E-state index in [0.717, 1.165) is 12.1 Å². The summed E-state index contributed by atoms with van der Waals surface area (Å²) in [6.45, 7) is 3.68. The van der Waals surface area contributed by atoms with Gasteiger partial charge in [0.25, 0.3) is 11.4 Å². The van der Waals surface area contributed by atoms with E-state index in [1.807, 2.05) is 13.8 Å². The number of non-ortho nitro benzene ring substituents is 1. The number of aliphatic carboxylic acids is 1. The molecule has 0 aliphatic heterocycles. The number of carboxylic acid groups (broad SMARTS) is 1. The highest BCUT2D eigenvalue weighted by atomic mass is 16.6. The predicted octanol–water partition coefficient (Wildman–Crippen LogP) is 2.09. The van der Waals surface area contributed by atoms with Crippen molar-refractivity contribution in [3.8, 4) is 0 Å². The minimum absolute atomic E-state index is 0.0575. The monoisotopic (exact) mass is 311 g/mol. The summed E-state index contributed by atoms with van der Waals surface area (Å²) < 4.78 is 0. The molecule has 1 aromatic carbocycles. The van der Waals surface area contributed by atoms with Crippen LogP contribution < -0.4 is 5.32 Å². The second-order valence-corrected chi connectivity index (χ2v) is 5.23. The van der Waals surface area contributed by atoms with Crippen molar-refractivity contribution in [3.63, 3.8) is 0 Å². The summed E-state index contributed by atoms with van der Waals surface area (Å²) in [4.78, 5) is 31.3. The van der Waals surface area contributed by atoms with E-state index in [4.69, 9.17) is 5.11 Å². The van der Waals surface area contributed by atoms with Gasteiger partial charge >= 0.3 is 5.97 Å². The number of carbonyl (C=O) groups is 1. The molecule has 1 atom stereocenters. The third-order valence-electron chi connectivity index (χ3n) is 3.02. The van der Waals surface area contributed by atoms with Gasteiger partial charge in [-0.15, -0.1) is 0 Å². The highest BCUT2D eigenvalue weighted by molar-refractivity contribution is 5.73. The lowest BCUT2D eigenvalue weighted by molar-refractivity contribution is -0.394. The number of hydrogen-bond donors (Lipinski definition) is 2. The lowest BCUT2D eigenvalue weighted by atomic mass is 10.0. The first-order valence-electron chi connectivity index (χ1n) is 6.60. The molecule has 0 fully saturated rings. The molecule has 0 bridgehead atoms. The normalized spacial score (nSPS) is 12.1. The zero-order valence-corrected chi connectivity index (χ0v) is 12.2. The summed E-state index contributed by atoms with van der Waals surface area (Å²) in [7, 11) is 0. The number of benzene rings is 1. The Labute approximate surface area is 126 Å². The molecule has 0 radical (unpaired) electrons. The third kappa shape index (κ3) is 4.77. The van der Waals surface area contributed by atoms with Crippen molar-refractivity contribution < 1.29 is 19.7 Å². The molecule has 0 aliphatic carbocycles. The number of nitrogens with zero attached hydrogens (tertiary/aromatic N) is 2. The van der Waals surface area contributed by atoms with Crippen molar-refractivity contribution in [1.29, 1.82) is 0 Å². The molecular weight excluding hydrogens is 294 g/mol. The highest BCUT2D eigenvalue weighted by Crippen LogP contribution is 2.24. The van der Waals surface area contributed by atoms with Crippen LogP contribution in [0.5, 0.6) is 0 Å². The fourth-order valence-electron chi connectivity index (χ4n) is 1.96. The molecule has 0 heterocycles. The zero-order chi connectivity index (χ0) is 16.9. The van der Waals surface area contributed by atoms with E-state index in [2.05, 4.69) is 5.32 Å². The van der Waals surface area contributed by atoms with Crippen molar-refractivity contribution in [2.45, 2.75) is 32.9 Å². The van der Waals surface area contributed by atoms with Gasteiger partial charge in [0.05, 0.1) is 15.9 Å². The van der Waals surface area contributed by atoms with Gasteiger partial charge in [-0.2, -0.15) is 0 Å². The van der Waals surface area contributed by atoms with Crippen LogP contribution in [-0.2, 0) is 11.3 Å². The molecule has 22 heavy (non-hydrogen) atoms. The standard InChI is InChI=1S/C13H17N3O6/c1-8(2)5-11(13(17)18)14-7-9-3-4-10(15(19)20)6-12(9)16(21)22/h3-4,6,8,11,14H,5,7H2,1-2H3,(H,17,18)/t11-/m0/s1. The number of nitro groups is 2. The van der Waals surface area contributed by atoms with Gasteiger partial charge in [-0.3, -0.25) is 25.0 Å². The Bertz CT molecular complexity index is 587. The van der Waals surface area contributed by atoms with Crippen molar-refractivity contribution in [3.05, 3.63) is 44.0 Å². The molecule has 120 valence electrons. The van der Waals surface area contributed by atoms with Crippen LogP contribution in [0, 0.1) is 26.1 Å². The van der Waals surface area contributed by atoms with Gasteiger partial charge in [-0.05, 0) is 18.4 Å². The van der Waals surface area contributed by atoms with Gasteiger partial charge in [0.15, 0.2) is 0 Å². The molecule has 0 aliphatic rings. The number of nitro benzene ring substituents is 2. The molecule has 9 nitrogen and oxygen atoms in total. The smallest absolute Gasteiger partial charge is 0.320 e. The molecule has 0 amide bonds. The van der Waals surface area contributed by atoms with E-state index in [-0.39, 0.29) is 23.7 Å². The molecule has 0 unspecified atom stereocenters. The third-order valence-corrected chi connectivity index (χ3v) is 3.02. The van der Waals surface area contributed by atoms with E-state index in [0.29, 0.717) is 6.42 Å². The van der Waals surface area contributed by atoms with Gasteiger partial charge in [0.1, 0.15) is 6.04 Å². The Morgan fingerprint density at radius 2 is 1.91 bits per heavy atom. The number of nitrogens with one attached hydrogen (secondary N) is 1. The molecule has 0 spiro atoms. The molecule has 2 N–H and O–H groups in total. The summed E-state index contributed by atoms with van der Waals surface area (Å²) in [5.74, 6) is -0.904. The Kier molecular flexibility index (Phi) is 5.93. The second-order valence-electron chi connectivity index (χ2n) is 5.23. The van der Waals surface area contributed by atoms with Crippen LogP contribution in [0.2, 0.25) is 0 Å². The lowest BCUT2D eigenvalue weighted by Crippen LogP contribution is -2.37. The summed E-state index contributed by atoms with van der Waals surface area (Å²) in [5, 5.41) is 33.5. The average molecular weight is 311 g/mol. The van der Waals surface area contributed by atoms with Crippen LogP contribution in [0.1, 0.15) is 25.8 Å². The second kappa shape index (κ2) is 7.46. The van der Waals surface area contributed by atoms with Crippen molar-refractivity contribution >= 4 is 17.3 Å². The van der Waals surface area contributed by atoms with E-state index in [1.165, 1.54) is 6.07 Å². The number of carboxylic acids is 1. The molecule has 1 rings (SSSR count). The van der Waals surface area contributed by atoms with Crippen LogP contribution in [0.25, 0.3) is 0 Å². The Hall–Kier alpha value is -2.55. The predicted molar refractivity (Wildman–Crippen MR) is 77.5 cm³/mol. The highest BCUT2D eigenvalue weighted by Gasteiger charge is 2.22. The molecule has 0 saturated carbocycles. The van der Waals surface area contributed by atoms with Crippen LogP contribution in [0.4, 0.5) is 11.4 Å². The quantitative estimate of drug-likeness (QED) is 0.554. The first kappa shape index (κ1) is 17.5. The summed E-state index contributed by atoms with van der Waals surface area (Å²) >= 11 is 0. The lowest BCUT2D eigenvalue weighted by Gasteiger charge is -2.16. The van der Waals surface area contributed by atoms with Crippen molar-refractivity contribution in [2.75, 3.05) is 0 Å². The van der Waals surface area contributed by atoms with Gasteiger partial charge in [0.2, 0.25) is 0 Å². The molecule has 1 aromatic rings. The van der Waals surface area contributed by atoms with E-state index in [9.17, 15) is 25.0 Å². The topological polar surface area (TPSA) is 136 Å². The van der Waals surface area contributed by atoms with Crippen molar-refractivity contribution in [1.82, 2.24) is 5.32 Å². The van der Waals surface area contributed by atoms with Crippen molar-refractivity contribution in [2.24, 2.45) is 5.92 Å². The van der Waals surface area contributed by atoms with Crippen LogP contribution in [-0.4, -0.2) is 27.0 Å². The zero-order valence-electron chi connectivity index (χ0n) is 12.2. The van der Waals surface area contributed by atoms with Crippen LogP contribution >= 0.6 is 0 Å². The van der Waals surface area contributed by atoms with Gasteiger partial charge in [-0.25, -0.2) is 0 Å². The molecule has 0 aromatic heterocycles. The fraction of sp³-hybridized carbons (Fsp3) is 0.462. The minimum atomic E-state index is -1.04. The first-order chi connectivity index (χ1) is 10.2. The average Bonchev–Trinajstić information content (AvgIpc) is 2.42. The van der Waals surface area contributed by atoms with Gasteiger partial charge in [0, 0.05) is 18.2 Å². The molecule has 9 heteroatoms. The van der Waals surface area contributed by atoms with E-state index < -0.39 is 27.5 Å².